The van der Waals surface area contributed by atoms with Crippen molar-refractivity contribution in [3.05, 3.63) is 60.2 Å². The Labute approximate surface area is 154 Å². The van der Waals surface area contributed by atoms with Crippen LogP contribution in [0.1, 0.15) is 12.8 Å². The summed E-state index contributed by atoms with van der Waals surface area (Å²) in [7, 11) is 0. The quantitative estimate of drug-likeness (QED) is 0.560. The highest BCUT2D eigenvalue weighted by Crippen LogP contribution is 2.27. The van der Waals surface area contributed by atoms with E-state index in [0.717, 1.165) is 0 Å². The fourth-order valence-corrected chi connectivity index (χ4v) is 2.24. The van der Waals surface area contributed by atoms with Crippen LogP contribution in [-0.4, -0.2) is 29.3 Å². The minimum Gasteiger partial charge on any atom is -0.493 e. The van der Waals surface area contributed by atoms with E-state index < -0.39 is 18.4 Å². The van der Waals surface area contributed by atoms with E-state index in [0.29, 0.717) is 23.7 Å². The summed E-state index contributed by atoms with van der Waals surface area (Å²) in [5.41, 5.74) is 0.670. The molecule has 0 bridgehead atoms. The average Bonchev–Trinajstić information content (AvgIpc) is 3.15. The number of rotatable bonds is 8. The van der Waals surface area contributed by atoms with E-state index in [1.165, 1.54) is 18.2 Å². The van der Waals surface area contributed by atoms with Gasteiger partial charge in [-0.15, -0.1) is 0 Å². The number of hydrogen-bond donors (Lipinski definition) is 0. The molecule has 1 aromatic heterocycles. The number of para-hydroxylation sites is 2. The van der Waals surface area contributed by atoms with Gasteiger partial charge in [0.2, 0.25) is 5.82 Å². The van der Waals surface area contributed by atoms with Crippen LogP contribution in [0, 0.1) is 5.82 Å². The van der Waals surface area contributed by atoms with E-state index in [1.807, 2.05) is 19.1 Å². The van der Waals surface area contributed by atoms with Crippen LogP contribution in [0.25, 0.3) is 11.4 Å². The van der Waals surface area contributed by atoms with Gasteiger partial charge in [-0.2, -0.15) is 4.98 Å². The van der Waals surface area contributed by atoms with E-state index in [1.54, 1.807) is 18.2 Å². The molecule has 0 N–H and O–H groups in total. The van der Waals surface area contributed by atoms with Crippen LogP contribution < -0.4 is 9.47 Å². The maximum absolute atomic E-state index is 13.4. The van der Waals surface area contributed by atoms with E-state index in [2.05, 4.69) is 10.1 Å². The lowest BCUT2D eigenvalue weighted by molar-refractivity contribution is -0.148. The number of carbonyl (C=O) groups is 1. The zero-order valence-corrected chi connectivity index (χ0v) is 14.6. The Hall–Kier alpha value is -3.42. The molecule has 0 amide bonds. The maximum atomic E-state index is 13.4. The van der Waals surface area contributed by atoms with Gasteiger partial charge in [0.05, 0.1) is 12.2 Å². The SMILES string of the molecule is CCOc1ccccc1-c1noc(COC(=O)COc2ccccc2F)n1. The minimum absolute atomic E-state index is 0.0259. The Kier molecular flexibility index (Phi) is 5.98. The lowest BCUT2D eigenvalue weighted by Gasteiger charge is -2.06. The highest BCUT2D eigenvalue weighted by atomic mass is 19.1. The van der Waals surface area contributed by atoms with Crippen LogP contribution in [0.2, 0.25) is 0 Å². The summed E-state index contributed by atoms with van der Waals surface area (Å²) in [5, 5.41) is 3.87. The van der Waals surface area contributed by atoms with Crippen LogP contribution in [-0.2, 0) is 16.1 Å². The van der Waals surface area contributed by atoms with Crippen molar-refractivity contribution < 1.29 is 27.9 Å². The predicted molar refractivity (Wildman–Crippen MR) is 92.6 cm³/mol. The molecule has 0 aliphatic rings. The molecule has 2 aromatic carbocycles. The molecule has 0 saturated heterocycles. The summed E-state index contributed by atoms with van der Waals surface area (Å²) >= 11 is 0. The normalized spacial score (nSPS) is 10.4. The lowest BCUT2D eigenvalue weighted by atomic mass is 10.2. The maximum Gasteiger partial charge on any atom is 0.344 e. The number of esters is 1. The number of hydrogen-bond acceptors (Lipinski definition) is 7. The van der Waals surface area contributed by atoms with Gasteiger partial charge in [0.1, 0.15) is 5.75 Å². The third kappa shape index (κ3) is 4.81. The second kappa shape index (κ2) is 8.79. The van der Waals surface area contributed by atoms with Gasteiger partial charge in [-0.25, -0.2) is 9.18 Å². The van der Waals surface area contributed by atoms with Crippen LogP contribution >= 0.6 is 0 Å². The highest BCUT2D eigenvalue weighted by Gasteiger charge is 2.15. The van der Waals surface area contributed by atoms with Crippen LogP contribution in [0.4, 0.5) is 4.39 Å². The number of ether oxygens (including phenoxy) is 3. The molecule has 3 aromatic rings. The van der Waals surface area contributed by atoms with Crippen molar-refractivity contribution in [2.45, 2.75) is 13.5 Å². The van der Waals surface area contributed by atoms with Gasteiger partial charge in [0.15, 0.2) is 24.8 Å². The monoisotopic (exact) mass is 372 g/mol. The van der Waals surface area contributed by atoms with Gasteiger partial charge in [-0.1, -0.05) is 29.4 Å². The van der Waals surface area contributed by atoms with Crippen LogP contribution in [0.3, 0.4) is 0 Å². The standard InChI is InChI=1S/C19H17FN2O5/c1-2-24-15-9-5-3-7-13(15)19-21-17(27-22-19)11-26-18(23)12-25-16-10-6-4-8-14(16)20/h3-10H,2,11-12H2,1H3. The molecule has 0 aliphatic heterocycles. The molecule has 27 heavy (non-hydrogen) atoms. The Morgan fingerprint density at radius 3 is 2.59 bits per heavy atom. The third-order valence-corrected chi connectivity index (χ3v) is 3.43. The number of carbonyl (C=O) groups excluding carboxylic acids is 1. The topological polar surface area (TPSA) is 83.7 Å². The van der Waals surface area contributed by atoms with Gasteiger partial charge < -0.3 is 18.7 Å². The molecule has 3 rings (SSSR count). The second-order valence-electron chi connectivity index (χ2n) is 5.32. The second-order valence-corrected chi connectivity index (χ2v) is 5.32. The minimum atomic E-state index is -0.687. The Morgan fingerprint density at radius 2 is 1.81 bits per heavy atom. The largest absolute Gasteiger partial charge is 0.493 e. The summed E-state index contributed by atoms with van der Waals surface area (Å²) in [6, 6.07) is 13.0. The molecule has 0 radical (unpaired) electrons. The molecule has 0 atom stereocenters. The van der Waals surface area contributed by atoms with Crippen molar-refractivity contribution in [1.29, 1.82) is 0 Å². The Bertz CT molecular complexity index is 912. The zero-order valence-electron chi connectivity index (χ0n) is 14.6. The molecular weight excluding hydrogens is 355 g/mol. The van der Waals surface area contributed by atoms with Crippen molar-refractivity contribution in [1.82, 2.24) is 10.1 Å². The molecule has 140 valence electrons. The Balaban J connectivity index is 1.55. The summed E-state index contributed by atoms with van der Waals surface area (Å²) in [6.07, 6.45) is 0. The fraction of sp³-hybridized carbons (Fsp3) is 0.211. The Morgan fingerprint density at radius 1 is 1.07 bits per heavy atom. The van der Waals surface area contributed by atoms with Crippen molar-refractivity contribution in [2.75, 3.05) is 13.2 Å². The zero-order chi connectivity index (χ0) is 19.1. The van der Waals surface area contributed by atoms with Crippen molar-refractivity contribution in [2.24, 2.45) is 0 Å². The van der Waals surface area contributed by atoms with Gasteiger partial charge in [-0.3, -0.25) is 0 Å². The molecule has 7 nitrogen and oxygen atoms in total. The first kappa shape index (κ1) is 18.4. The van der Waals surface area contributed by atoms with Crippen molar-refractivity contribution in [3.63, 3.8) is 0 Å². The predicted octanol–water partition coefficient (Wildman–Crippen LogP) is 3.40. The van der Waals surface area contributed by atoms with Gasteiger partial charge in [0, 0.05) is 0 Å². The van der Waals surface area contributed by atoms with E-state index in [9.17, 15) is 9.18 Å². The summed E-state index contributed by atoms with van der Waals surface area (Å²) in [5.74, 6) is -0.194. The van der Waals surface area contributed by atoms with Crippen LogP contribution in [0.15, 0.2) is 53.1 Å². The van der Waals surface area contributed by atoms with E-state index in [-0.39, 0.29) is 18.2 Å². The van der Waals surface area contributed by atoms with E-state index in [4.69, 9.17) is 18.7 Å². The smallest absolute Gasteiger partial charge is 0.344 e. The van der Waals surface area contributed by atoms with Gasteiger partial charge >= 0.3 is 5.97 Å². The van der Waals surface area contributed by atoms with Gasteiger partial charge in [0.25, 0.3) is 5.89 Å². The highest BCUT2D eigenvalue weighted by molar-refractivity contribution is 5.71. The average molecular weight is 372 g/mol. The summed E-state index contributed by atoms with van der Waals surface area (Å²) < 4.78 is 34.1. The first-order chi connectivity index (χ1) is 13.2. The number of nitrogens with zero attached hydrogens (tertiary/aromatic N) is 2. The lowest BCUT2D eigenvalue weighted by Crippen LogP contribution is -2.15. The molecule has 0 saturated carbocycles. The van der Waals surface area contributed by atoms with E-state index >= 15 is 0 Å². The number of halogens is 1. The summed E-state index contributed by atoms with van der Waals surface area (Å²) in [6.45, 7) is 1.72. The molecular formula is C19H17FN2O5. The molecule has 1 heterocycles. The number of aromatic nitrogens is 2. The molecule has 8 heteroatoms. The van der Waals surface area contributed by atoms with Crippen LogP contribution in [0.5, 0.6) is 11.5 Å². The summed E-state index contributed by atoms with van der Waals surface area (Å²) in [4.78, 5) is 15.9. The first-order valence-electron chi connectivity index (χ1n) is 8.25. The number of benzene rings is 2. The molecule has 0 aliphatic carbocycles. The fourth-order valence-electron chi connectivity index (χ4n) is 2.24. The van der Waals surface area contributed by atoms with Crippen molar-refractivity contribution in [3.8, 4) is 22.9 Å². The van der Waals surface area contributed by atoms with Gasteiger partial charge in [-0.05, 0) is 31.2 Å². The molecule has 0 unspecified atom stereocenters. The van der Waals surface area contributed by atoms with Crippen molar-refractivity contribution >= 4 is 5.97 Å². The third-order valence-electron chi connectivity index (χ3n) is 3.43. The molecule has 0 fully saturated rings. The first-order valence-corrected chi connectivity index (χ1v) is 8.25. The molecule has 0 spiro atoms.